The molecular weight excluding hydrogens is 855 g/mol. The second-order valence-corrected chi connectivity index (χ2v) is 23.0. The fourth-order valence-electron chi connectivity index (χ4n) is 15.9. The van der Waals surface area contributed by atoms with Crippen molar-refractivity contribution < 1.29 is 74.4 Å². The van der Waals surface area contributed by atoms with E-state index in [0.29, 0.717) is 17.3 Å². The molecule has 9 rings (SSSR count). The van der Waals surface area contributed by atoms with Gasteiger partial charge < -0.3 is 74.4 Å². The Balaban J connectivity index is 0.887. The topological polar surface area (TPSA) is 241 Å². The molecule has 5 aliphatic heterocycles. The maximum Gasteiger partial charge on any atom is 0.184 e. The summed E-state index contributed by atoms with van der Waals surface area (Å²) >= 11 is 0. The van der Waals surface area contributed by atoms with E-state index in [1.54, 1.807) is 6.92 Å². The number of hydrogen-bond donors (Lipinski definition) is 9. The van der Waals surface area contributed by atoms with Gasteiger partial charge in [-0.15, -0.1) is 0 Å². The second-order valence-electron chi connectivity index (χ2n) is 23.0. The monoisotopic (exact) mass is 938 g/mol. The molecule has 26 unspecified atom stereocenters. The number of aliphatic hydroxyl groups excluding tert-OH is 9. The summed E-state index contributed by atoms with van der Waals surface area (Å²) < 4.78 is 37.3. The van der Waals surface area contributed by atoms with Crippen molar-refractivity contribution >= 4 is 0 Å². The molecule has 16 heteroatoms. The molecule has 16 nitrogen and oxygen atoms in total. The van der Waals surface area contributed by atoms with E-state index in [9.17, 15) is 46.0 Å². The average Bonchev–Trinajstić information content (AvgIpc) is 3.77. The van der Waals surface area contributed by atoms with Crippen molar-refractivity contribution in [2.24, 2.45) is 52.3 Å². The van der Waals surface area contributed by atoms with E-state index in [4.69, 9.17) is 28.4 Å². The van der Waals surface area contributed by atoms with E-state index in [0.717, 1.165) is 61.4 Å². The highest BCUT2D eigenvalue weighted by molar-refractivity contribution is 5.27. The summed E-state index contributed by atoms with van der Waals surface area (Å²) in [6.07, 6.45) is -3.07. The third-order valence-electron chi connectivity index (χ3n) is 19.5. The van der Waals surface area contributed by atoms with Crippen LogP contribution in [0.15, 0.2) is 11.6 Å². The number of ether oxygens (including phenoxy) is 6. The number of hydrogen-bond acceptors (Lipinski definition) is 16. The molecule has 26 atom stereocenters. The van der Waals surface area contributed by atoms with Gasteiger partial charge in [-0.25, -0.2) is 0 Å². The Hall–Kier alpha value is -0.900. The van der Waals surface area contributed by atoms with Crippen LogP contribution in [0.2, 0.25) is 0 Å². The average molecular weight is 938 g/mol. The van der Waals surface area contributed by atoms with Crippen LogP contribution in [0.4, 0.5) is 0 Å². The number of rotatable bonds is 13. The Bertz CT molecular complexity index is 1670. The fourth-order valence-corrected chi connectivity index (χ4v) is 15.9. The van der Waals surface area contributed by atoms with Crippen molar-refractivity contribution in [3.8, 4) is 0 Å². The molecule has 8 fully saturated rings. The lowest BCUT2D eigenvalue weighted by atomic mass is 9.47. The van der Waals surface area contributed by atoms with Gasteiger partial charge in [-0.05, 0) is 124 Å². The second kappa shape index (κ2) is 20.0. The first-order valence-electron chi connectivity index (χ1n) is 25.7. The first kappa shape index (κ1) is 50.1. The third kappa shape index (κ3) is 8.82. The zero-order valence-corrected chi connectivity index (χ0v) is 39.9. The molecule has 0 aromatic rings. The predicted octanol–water partition coefficient (Wildman–Crippen LogP) is 1.27. The normalized spacial score (nSPS) is 53.9. The number of nitrogens with zero attached hydrogens (tertiary/aromatic N) is 1. The highest BCUT2D eigenvalue weighted by atomic mass is 16.7. The SMILES string of the molecule is CC1CCC2C(C)C3C(CC4C5CC=C6CC(OC7OC(CO)C(O)C(CCOCC8OC(CO)C(O)C(O)C8O)C7OCCC7OC(C)C(O)C(O)C7O)CCC6(C)C5CCC43C)N2C1. The van der Waals surface area contributed by atoms with Gasteiger partial charge in [0.15, 0.2) is 6.29 Å². The molecule has 9 aliphatic rings. The summed E-state index contributed by atoms with van der Waals surface area (Å²) in [4.78, 5) is 2.96. The van der Waals surface area contributed by atoms with Crippen molar-refractivity contribution in [2.45, 2.75) is 209 Å². The standard InChI is InChI=1S/C50H83NO15/c1-24-6-9-33-25(2)39-34(51(33)20-24)19-32-29-8-7-27-18-28(10-14-49(27,4)31(29)11-15-50(32,39)5)64-48-47(62-17-13-35-42(56)45(59)40(54)26(3)63-35)30(41(55)36(21-52)66-48)12-16-61-23-38-44(58)46(60)43(57)37(22-53)65-38/h7,24-26,28-48,52-60H,6,8-23H2,1-5H3. The molecule has 66 heavy (non-hydrogen) atoms. The van der Waals surface area contributed by atoms with Crippen LogP contribution in [-0.2, 0) is 28.4 Å². The number of fused-ring (bicyclic) bond motifs is 9. The summed E-state index contributed by atoms with van der Waals surface area (Å²) in [7, 11) is 0. The van der Waals surface area contributed by atoms with Crippen LogP contribution in [0.1, 0.15) is 105 Å². The van der Waals surface area contributed by atoms with E-state index in [1.807, 2.05) is 0 Å². The van der Waals surface area contributed by atoms with Crippen LogP contribution < -0.4 is 0 Å². The van der Waals surface area contributed by atoms with Crippen LogP contribution in [0.25, 0.3) is 0 Å². The highest BCUT2D eigenvalue weighted by Crippen LogP contribution is 2.70. The molecule has 3 saturated carbocycles. The summed E-state index contributed by atoms with van der Waals surface area (Å²) in [6.45, 7) is 12.0. The Labute approximate surface area is 390 Å². The quantitative estimate of drug-likeness (QED) is 0.0934. The lowest BCUT2D eigenvalue weighted by molar-refractivity contribution is -0.314. The van der Waals surface area contributed by atoms with E-state index in [2.05, 4.69) is 38.7 Å². The molecule has 0 aromatic heterocycles. The van der Waals surface area contributed by atoms with Gasteiger partial charge in [-0.1, -0.05) is 39.3 Å². The van der Waals surface area contributed by atoms with Gasteiger partial charge in [0.25, 0.3) is 0 Å². The minimum Gasteiger partial charge on any atom is -0.394 e. The Morgan fingerprint density at radius 1 is 0.712 bits per heavy atom. The van der Waals surface area contributed by atoms with Gasteiger partial charge in [-0.3, -0.25) is 4.90 Å². The Morgan fingerprint density at radius 2 is 1.42 bits per heavy atom. The number of piperidine rings is 1. The molecule has 0 radical (unpaired) electrons. The van der Waals surface area contributed by atoms with Crippen molar-refractivity contribution in [2.75, 3.05) is 39.6 Å². The van der Waals surface area contributed by atoms with Crippen molar-refractivity contribution in [3.63, 3.8) is 0 Å². The molecule has 5 heterocycles. The van der Waals surface area contributed by atoms with Crippen LogP contribution >= 0.6 is 0 Å². The first-order valence-corrected chi connectivity index (χ1v) is 25.7. The predicted molar refractivity (Wildman–Crippen MR) is 238 cm³/mol. The number of allylic oxidation sites excluding steroid dienone is 1. The zero-order valence-electron chi connectivity index (χ0n) is 39.9. The highest BCUT2D eigenvalue weighted by Gasteiger charge is 2.66. The van der Waals surface area contributed by atoms with E-state index in [-0.39, 0.29) is 44.2 Å². The van der Waals surface area contributed by atoms with Crippen molar-refractivity contribution in [1.29, 1.82) is 0 Å². The molecule has 9 N–H and O–H groups in total. The Morgan fingerprint density at radius 3 is 2.18 bits per heavy atom. The summed E-state index contributed by atoms with van der Waals surface area (Å²) in [5.74, 6) is 3.71. The van der Waals surface area contributed by atoms with Gasteiger partial charge in [0, 0.05) is 37.8 Å². The molecular formula is C50H83NO15. The van der Waals surface area contributed by atoms with Gasteiger partial charge in [-0.2, -0.15) is 0 Å². The van der Waals surface area contributed by atoms with E-state index < -0.39 is 105 Å². The molecule has 0 spiro atoms. The minimum atomic E-state index is -1.54. The maximum absolute atomic E-state index is 11.7. The molecule has 5 saturated heterocycles. The molecule has 378 valence electrons. The lowest BCUT2D eigenvalue weighted by Crippen LogP contribution is -2.59. The third-order valence-corrected chi connectivity index (χ3v) is 19.5. The molecule has 4 aliphatic carbocycles. The molecule has 0 aromatic carbocycles. The van der Waals surface area contributed by atoms with E-state index >= 15 is 0 Å². The summed E-state index contributed by atoms with van der Waals surface area (Å²) in [6, 6.07) is 1.48. The lowest BCUT2D eigenvalue weighted by Gasteiger charge is -2.58. The smallest absolute Gasteiger partial charge is 0.184 e. The number of aliphatic hydroxyl groups is 9. The molecule has 0 bridgehead atoms. The van der Waals surface area contributed by atoms with Gasteiger partial charge >= 0.3 is 0 Å². The minimum absolute atomic E-state index is 0.0267. The maximum atomic E-state index is 11.7. The summed E-state index contributed by atoms with van der Waals surface area (Å²) in [5.41, 5.74) is 1.93. The zero-order chi connectivity index (χ0) is 47.0. The largest absolute Gasteiger partial charge is 0.394 e. The van der Waals surface area contributed by atoms with Gasteiger partial charge in [0.1, 0.15) is 61.0 Å². The Kier molecular flexibility index (Phi) is 15.1. The van der Waals surface area contributed by atoms with Crippen molar-refractivity contribution in [1.82, 2.24) is 4.90 Å². The van der Waals surface area contributed by atoms with Crippen LogP contribution in [0.5, 0.6) is 0 Å². The summed E-state index contributed by atoms with van der Waals surface area (Å²) in [5, 5.41) is 94.4. The van der Waals surface area contributed by atoms with Crippen molar-refractivity contribution in [3.05, 3.63) is 11.6 Å². The van der Waals surface area contributed by atoms with Crippen LogP contribution in [0.3, 0.4) is 0 Å². The van der Waals surface area contributed by atoms with Gasteiger partial charge in [0.05, 0.1) is 44.2 Å². The molecule has 0 amide bonds. The first-order chi connectivity index (χ1) is 31.5. The fraction of sp³-hybridized carbons (Fsp3) is 0.960. The van der Waals surface area contributed by atoms with Crippen LogP contribution in [-0.4, -0.2) is 194 Å². The van der Waals surface area contributed by atoms with Gasteiger partial charge in [0.2, 0.25) is 0 Å². The van der Waals surface area contributed by atoms with Crippen LogP contribution in [0, 0.1) is 52.3 Å². The van der Waals surface area contributed by atoms with E-state index in [1.165, 1.54) is 44.2 Å².